The standard InChI is InChI=1S/C16H18N4O/c1-12(2)11-21-14-5-3-4-13(8-14)10-20-16-15(9-17)18-6-7-19-16/h3-8,12H,10-11H2,1-2H3,(H,19,20). The predicted molar refractivity (Wildman–Crippen MR) is 80.8 cm³/mol. The van der Waals surface area contributed by atoms with Crippen molar-refractivity contribution in [1.29, 1.82) is 5.26 Å². The first-order valence-electron chi connectivity index (χ1n) is 6.85. The van der Waals surface area contributed by atoms with Crippen LogP contribution in [0.15, 0.2) is 36.7 Å². The van der Waals surface area contributed by atoms with Crippen LogP contribution in [0.4, 0.5) is 5.82 Å². The lowest BCUT2D eigenvalue weighted by Gasteiger charge is -2.11. The third-order valence-electron chi connectivity index (χ3n) is 2.75. The normalized spacial score (nSPS) is 10.2. The zero-order chi connectivity index (χ0) is 15.1. The lowest BCUT2D eigenvalue weighted by Crippen LogP contribution is -2.06. The molecule has 108 valence electrons. The van der Waals surface area contributed by atoms with Crippen LogP contribution in [0.25, 0.3) is 0 Å². The SMILES string of the molecule is CC(C)COc1cccc(CNc2nccnc2C#N)c1. The molecule has 0 amide bonds. The van der Waals surface area contributed by atoms with Gasteiger partial charge in [0.25, 0.3) is 0 Å². The van der Waals surface area contributed by atoms with Gasteiger partial charge in [0.1, 0.15) is 11.8 Å². The van der Waals surface area contributed by atoms with Crippen molar-refractivity contribution < 1.29 is 4.74 Å². The van der Waals surface area contributed by atoms with Gasteiger partial charge in [-0.1, -0.05) is 26.0 Å². The van der Waals surface area contributed by atoms with Crippen LogP contribution in [-0.2, 0) is 6.54 Å². The van der Waals surface area contributed by atoms with Gasteiger partial charge in [0.15, 0.2) is 11.5 Å². The van der Waals surface area contributed by atoms with Crippen molar-refractivity contribution >= 4 is 5.82 Å². The molecule has 0 aliphatic carbocycles. The van der Waals surface area contributed by atoms with Crippen LogP contribution in [0.3, 0.4) is 0 Å². The molecule has 0 spiro atoms. The third kappa shape index (κ3) is 4.46. The second-order valence-electron chi connectivity index (χ2n) is 5.07. The van der Waals surface area contributed by atoms with E-state index in [0.717, 1.165) is 11.3 Å². The van der Waals surface area contributed by atoms with Gasteiger partial charge in [-0.05, 0) is 23.6 Å². The Morgan fingerprint density at radius 3 is 2.86 bits per heavy atom. The van der Waals surface area contributed by atoms with E-state index in [4.69, 9.17) is 10.00 Å². The molecule has 0 atom stereocenters. The number of hydrogen-bond acceptors (Lipinski definition) is 5. The summed E-state index contributed by atoms with van der Waals surface area (Å²) in [5.41, 5.74) is 1.36. The molecule has 1 aromatic carbocycles. The molecular formula is C16H18N4O. The van der Waals surface area contributed by atoms with Crippen LogP contribution < -0.4 is 10.1 Å². The smallest absolute Gasteiger partial charge is 0.182 e. The van der Waals surface area contributed by atoms with Gasteiger partial charge >= 0.3 is 0 Å². The Hall–Kier alpha value is -2.61. The van der Waals surface area contributed by atoms with Gasteiger partial charge in [0.05, 0.1) is 6.61 Å². The van der Waals surface area contributed by atoms with E-state index in [1.807, 2.05) is 30.3 Å². The molecule has 5 nitrogen and oxygen atoms in total. The Balaban J connectivity index is 2.00. The Labute approximate surface area is 124 Å². The van der Waals surface area contributed by atoms with Crippen molar-refractivity contribution in [1.82, 2.24) is 9.97 Å². The van der Waals surface area contributed by atoms with Crippen LogP contribution in [0.1, 0.15) is 25.1 Å². The van der Waals surface area contributed by atoms with Crippen LogP contribution in [0, 0.1) is 17.2 Å². The monoisotopic (exact) mass is 282 g/mol. The van der Waals surface area contributed by atoms with E-state index >= 15 is 0 Å². The second-order valence-corrected chi connectivity index (χ2v) is 5.07. The molecule has 2 aromatic rings. The maximum absolute atomic E-state index is 8.97. The van der Waals surface area contributed by atoms with Crippen LogP contribution >= 0.6 is 0 Å². The summed E-state index contributed by atoms with van der Waals surface area (Å²) in [5, 5.41) is 12.1. The number of nitrogens with one attached hydrogen (secondary N) is 1. The van der Waals surface area contributed by atoms with Crippen molar-refractivity contribution in [3.8, 4) is 11.8 Å². The van der Waals surface area contributed by atoms with Crippen LogP contribution in [0.2, 0.25) is 0 Å². The fourth-order valence-electron chi connectivity index (χ4n) is 1.74. The molecule has 1 heterocycles. The first-order chi connectivity index (χ1) is 10.2. The van der Waals surface area contributed by atoms with Gasteiger partial charge in [0, 0.05) is 18.9 Å². The van der Waals surface area contributed by atoms with Gasteiger partial charge in [-0.25, -0.2) is 9.97 Å². The highest BCUT2D eigenvalue weighted by molar-refractivity contribution is 5.47. The minimum atomic E-state index is 0.296. The summed E-state index contributed by atoms with van der Waals surface area (Å²) in [4.78, 5) is 8.08. The molecule has 0 fully saturated rings. The number of nitrogens with zero attached hydrogens (tertiary/aromatic N) is 3. The van der Waals surface area contributed by atoms with E-state index in [1.165, 1.54) is 6.20 Å². The van der Waals surface area contributed by atoms with E-state index in [2.05, 4.69) is 29.1 Å². The van der Waals surface area contributed by atoms with Crippen molar-refractivity contribution in [2.24, 2.45) is 5.92 Å². The molecule has 0 radical (unpaired) electrons. The van der Waals surface area contributed by atoms with Crippen LogP contribution in [-0.4, -0.2) is 16.6 Å². The minimum Gasteiger partial charge on any atom is -0.493 e. The maximum atomic E-state index is 8.97. The first kappa shape index (κ1) is 14.8. The van der Waals surface area contributed by atoms with Crippen LogP contribution in [0.5, 0.6) is 5.75 Å². The molecule has 0 aliphatic rings. The number of ether oxygens (including phenoxy) is 1. The Bertz CT molecular complexity index is 634. The molecule has 1 N–H and O–H groups in total. The van der Waals surface area contributed by atoms with Gasteiger partial charge < -0.3 is 10.1 Å². The summed E-state index contributed by atoms with van der Waals surface area (Å²) >= 11 is 0. The molecule has 5 heteroatoms. The molecule has 1 aromatic heterocycles. The van der Waals surface area contributed by atoms with E-state index < -0.39 is 0 Å². The molecule has 0 unspecified atom stereocenters. The van der Waals surface area contributed by atoms with Crippen molar-refractivity contribution in [3.63, 3.8) is 0 Å². The number of anilines is 1. The average Bonchev–Trinajstić information content (AvgIpc) is 2.51. The Morgan fingerprint density at radius 1 is 1.29 bits per heavy atom. The molecule has 0 saturated carbocycles. The number of rotatable bonds is 6. The van der Waals surface area contributed by atoms with Gasteiger partial charge in [-0.15, -0.1) is 0 Å². The number of hydrogen-bond donors (Lipinski definition) is 1. The number of nitriles is 1. The zero-order valence-corrected chi connectivity index (χ0v) is 12.2. The lowest BCUT2D eigenvalue weighted by atomic mass is 10.2. The van der Waals surface area contributed by atoms with Crippen molar-refractivity contribution in [2.75, 3.05) is 11.9 Å². The Kier molecular flexibility index (Phi) is 5.10. The highest BCUT2D eigenvalue weighted by Crippen LogP contribution is 2.16. The third-order valence-corrected chi connectivity index (χ3v) is 2.75. The van der Waals surface area contributed by atoms with Crippen molar-refractivity contribution in [3.05, 3.63) is 47.9 Å². The quantitative estimate of drug-likeness (QED) is 0.882. The maximum Gasteiger partial charge on any atom is 0.182 e. The fraction of sp³-hybridized carbons (Fsp3) is 0.312. The minimum absolute atomic E-state index is 0.296. The van der Waals surface area contributed by atoms with Gasteiger partial charge in [0.2, 0.25) is 0 Å². The summed E-state index contributed by atoms with van der Waals surface area (Å²) in [6.45, 7) is 5.48. The summed E-state index contributed by atoms with van der Waals surface area (Å²) in [5.74, 6) is 1.83. The number of aromatic nitrogens is 2. The van der Waals surface area contributed by atoms with E-state index in [1.54, 1.807) is 6.20 Å². The summed E-state index contributed by atoms with van der Waals surface area (Å²) < 4.78 is 5.70. The summed E-state index contributed by atoms with van der Waals surface area (Å²) in [6, 6.07) is 9.89. The molecule has 0 aliphatic heterocycles. The lowest BCUT2D eigenvalue weighted by molar-refractivity contribution is 0.271. The summed E-state index contributed by atoms with van der Waals surface area (Å²) in [6.07, 6.45) is 3.06. The van der Waals surface area contributed by atoms with E-state index in [9.17, 15) is 0 Å². The fourth-order valence-corrected chi connectivity index (χ4v) is 1.74. The number of benzene rings is 1. The van der Waals surface area contributed by atoms with E-state index in [-0.39, 0.29) is 0 Å². The highest BCUT2D eigenvalue weighted by atomic mass is 16.5. The average molecular weight is 282 g/mol. The topological polar surface area (TPSA) is 70.8 Å². The highest BCUT2D eigenvalue weighted by Gasteiger charge is 2.04. The first-order valence-corrected chi connectivity index (χ1v) is 6.85. The van der Waals surface area contributed by atoms with Crippen molar-refractivity contribution in [2.45, 2.75) is 20.4 Å². The van der Waals surface area contributed by atoms with E-state index in [0.29, 0.717) is 30.6 Å². The summed E-state index contributed by atoms with van der Waals surface area (Å²) in [7, 11) is 0. The largest absolute Gasteiger partial charge is 0.493 e. The zero-order valence-electron chi connectivity index (χ0n) is 12.2. The second kappa shape index (κ2) is 7.25. The molecule has 0 bridgehead atoms. The Morgan fingerprint density at radius 2 is 2.10 bits per heavy atom. The molecular weight excluding hydrogens is 264 g/mol. The predicted octanol–water partition coefficient (Wildman–Crippen LogP) is 3.00. The molecule has 0 saturated heterocycles. The molecule has 2 rings (SSSR count). The van der Waals surface area contributed by atoms with Gasteiger partial charge in [-0.3, -0.25) is 0 Å². The van der Waals surface area contributed by atoms with Gasteiger partial charge in [-0.2, -0.15) is 5.26 Å². The molecule has 21 heavy (non-hydrogen) atoms.